The molecule has 0 bridgehead atoms. The van der Waals surface area contributed by atoms with Crippen LogP contribution in [0.1, 0.15) is 17.3 Å². The zero-order valence-electron chi connectivity index (χ0n) is 18.3. The predicted octanol–water partition coefficient (Wildman–Crippen LogP) is 3.05. The van der Waals surface area contributed by atoms with Gasteiger partial charge in [-0.2, -0.15) is 0 Å². The summed E-state index contributed by atoms with van der Waals surface area (Å²) >= 11 is 11.7. The van der Waals surface area contributed by atoms with Gasteiger partial charge in [-0.15, -0.1) is 0 Å². The van der Waals surface area contributed by atoms with Crippen LogP contribution in [0.15, 0.2) is 42.5 Å². The van der Waals surface area contributed by atoms with Crippen molar-refractivity contribution in [2.75, 3.05) is 56.1 Å². The number of carbonyl (C=O) groups excluding carboxylic acids is 3. The SMILES string of the molecule is CCN1CCN(c2ccc(NC(=O)COC(=O)CNC(=O)c3ccc(Cl)c(Cl)c3)cc2)CC1. The molecule has 1 aliphatic heterocycles. The van der Waals surface area contributed by atoms with Crippen molar-refractivity contribution < 1.29 is 19.1 Å². The van der Waals surface area contributed by atoms with Crippen LogP contribution in [-0.2, 0) is 14.3 Å². The van der Waals surface area contributed by atoms with Crippen LogP contribution >= 0.6 is 23.2 Å². The van der Waals surface area contributed by atoms with E-state index in [9.17, 15) is 14.4 Å². The lowest BCUT2D eigenvalue weighted by atomic mass is 10.2. The van der Waals surface area contributed by atoms with E-state index in [1.54, 1.807) is 0 Å². The zero-order valence-corrected chi connectivity index (χ0v) is 19.8. The molecule has 2 aromatic rings. The van der Waals surface area contributed by atoms with Crippen LogP contribution in [0.4, 0.5) is 11.4 Å². The lowest BCUT2D eigenvalue weighted by molar-refractivity contribution is -0.146. The highest BCUT2D eigenvalue weighted by Gasteiger charge is 2.16. The van der Waals surface area contributed by atoms with Crippen molar-refractivity contribution in [2.45, 2.75) is 6.92 Å². The Morgan fingerprint density at radius 1 is 0.970 bits per heavy atom. The number of benzene rings is 2. The number of likely N-dealkylation sites (N-methyl/N-ethyl adjacent to an activating group) is 1. The van der Waals surface area contributed by atoms with Gasteiger partial charge >= 0.3 is 5.97 Å². The average Bonchev–Trinajstić information content (AvgIpc) is 2.83. The summed E-state index contributed by atoms with van der Waals surface area (Å²) in [6, 6.07) is 11.9. The molecule has 2 aromatic carbocycles. The molecule has 0 aromatic heterocycles. The van der Waals surface area contributed by atoms with Crippen molar-refractivity contribution in [3.05, 3.63) is 58.1 Å². The molecule has 33 heavy (non-hydrogen) atoms. The number of anilines is 2. The molecule has 1 fully saturated rings. The first-order valence-electron chi connectivity index (χ1n) is 10.6. The van der Waals surface area contributed by atoms with Crippen LogP contribution in [-0.4, -0.2) is 68.6 Å². The van der Waals surface area contributed by atoms with Crippen molar-refractivity contribution in [1.29, 1.82) is 0 Å². The molecule has 0 atom stereocenters. The second-order valence-electron chi connectivity index (χ2n) is 7.49. The molecule has 0 spiro atoms. The second kappa shape index (κ2) is 11.9. The van der Waals surface area contributed by atoms with Gasteiger partial charge in [0.1, 0.15) is 6.54 Å². The Hall–Kier alpha value is -2.81. The summed E-state index contributed by atoms with van der Waals surface area (Å²) in [5, 5.41) is 5.65. The highest BCUT2D eigenvalue weighted by molar-refractivity contribution is 6.42. The smallest absolute Gasteiger partial charge is 0.325 e. The fourth-order valence-corrected chi connectivity index (χ4v) is 3.66. The summed E-state index contributed by atoms with van der Waals surface area (Å²) in [4.78, 5) is 40.7. The summed E-state index contributed by atoms with van der Waals surface area (Å²) in [7, 11) is 0. The molecule has 2 amide bonds. The lowest BCUT2D eigenvalue weighted by Crippen LogP contribution is -2.46. The maximum atomic E-state index is 12.1. The van der Waals surface area contributed by atoms with Crippen LogP contribution in [0.5, 0.6) is 0 Å². The van der Waals surface area contributed by atoms with E-state index < -0.39 is 24.4 Å². The minimum Gasteiger partial charge on any atom is -0.454 e. The molecule has 2 N–H and O–H groups in total. The Bertz CT molecular complexity index is 992. The largest absolute Gasteiger partial charge is 0.454 e. The quantitative estimate of drug-likeness (QED) is 0.550. The number of ether oxygens (including phenoxy) is 1. The average molecular weight is 493 g/mol. The molecule has 0 aliphatic carbocycles. The monoisotopic (exact) mass is 492 g/mol. The first-order chi connectivity index (χ1) is 15.9. The van der Waals surface area contributed by atoms with Crippen LogP contribution in [0.3, 0.4) is 0 Å². The maximum absolute atomic E-state index is 12.1. The lowest BCUT2D eigenvalue weighted by Gasteiger charge is -2.35. The van der Waals surface area contributed by atoms with Gasteiger partial charge in [-0.3, -0.25) is 14.4 Å². The molecule has 3 rings (SSSR count). The maximum Gasteiger partial charge on any atom is 0.325 e. The number of halogens is 2. The van der Waals surface area contributed by atoms with Gasteiger partial charge in [0.05, 0.1) is 10.0 Å². The van der Waals surface area contributed by atoms with E-state index in [4.69, 9.17) is 27.9 Å². The van der Waals surface area contributed by atoms with Crippen LogP contribution < -0.4 is 15.5 Å². The molecule has 176 valence electrons. The Kier molecular flexibility index (Phi) is 8.94. The number of rotatable bonds is 8. The van der Waals surface area contributed by atoms with Crippen LogP contribution in [0, 0.1) is 0 Å². The Morgan fingerprint density at radius 3 is 2.30 bits per heavy atom. The highest BCUT2D eigenvalue weighted by Crippen LogP contribution is 2.22. The third-order valence-electron chi connectivity index (χ3n) is 5.28. The van der Waals surface area contributed by atoms with Gasteiger partial charge in [0.25, 0.3) is 11.8 Å². The normalized spacial score (nSPS) is 14.0. The van der Waals surface area contributed by atoms with Gasteiger partial charge in [-0.05, 0) is 49.0 Å². The summed E-state index contributed by atoms with van der Waals surface area (Å²) in [6.45, 7) is 6.40. The van der Waals surface area contributed by atoms with Gasteiger partial charge in [0.15, 0.2) is 6.61 Å². The molecule has 0 radical (unpaired) electrons. The Labute approximate surface area is 202 Å². The second-order valence-corrected chi connectivity index (χ2v) is 8.30. The van der Waals surface area contributed by atoms with Gasteiger partial charge < -0.3 is 25.2 Å². The van der Waals surface area contributed by atoms with Crippen molar-refractivity contribution in [3.8, 4) is 0 Å². The minimum atomic E-state index is -0.736. The molecule has 0 unspecified atom stereocenters. The van der Waals surface area contributed by atoms with Crippen molar-refractivity contribution in [2.24, 2.45) is 0 Å². The number of nitrogens with one attached hydrogen (secondary N) is 2. The molecule has 0 saturated carbocycles. The molecular weight excluding hydrogens is 467 g/mol. The van der Waals surface area contributed by atoms with Crippen molar-refractivity contribution in [1.82, 2.24) is 10.2 Å². The number of piperazine rings is 1. The number of hydrogen-bond acceptors (Lipinski definition) is 6. The molecule has 1 heterocycles. The van der Waals surface area contributed by atoms with E-state index in [0.717, 1.165) is 38.4 Å². The first-order valence-corrected chi connectivity index (χ1v) is 11.4. The van der Waals surface area contributed by atoms with Gasteiger partial charge in [-0.1, -0.05) is 30.1 Å². The van der Waals surface area contributed by atoms with Crippen molar-refractivity contribution in [3.63, 3.8) is 0 Å². The molecule has 10 heteroatoms. The van der Waals surface area contributed by atoms with E-state index in [-0.39, 0.29) is 17.1 Å². The van der Waals surface area contributed by atoms with Gasteiger partial charge in [0.2, 0.25) is 0 Å². The number of carbonyl (C=O) groups is 3. The third-order valence-corrected chi connectivity index (χ3v) is 6.01. The number of hydrogen-bond donors (Lipinski definition) is 2. The third kappa shape index (κ3) is 7.35. The molecule has 1 aliphatic rings. The minimum absolute atomic E-state index is 0.232. The van der Waals surface area contributed by atoms with E-state index in [2.05, 4.69) is 27.4 Å². The summed E-state index contributed by atoms with van der Waals surface area (Å²) in [5.41, 5.74) is 1.97. The predicted molar refractivity (Wildman–Crippen MR) is 129 cm³/mol. The highest BCUT2D eigenvalue weighted by atomic mass is 35.5. The zero-order chi connectivity index (χ0) is 23.8. The summed E-state index contributed by atoms with van der Waals surface area (Å²) in [5.74, 6) is -1.71. The van der Waals surface area contributed by atoms with E-state index in [0.29, 0.717) is 10.7 Å². The summed E-state index contributed by atoms with van der Waals surface area (Å²) in [6.07, 6.45) is 0. The van der Waals surface area contributed by atoms with E-state index in [1.165, 1.54) is 18.2 Å². The van der Waals surface area contributed by atoms with Gasteiger partial charge in [-0.25, -0.2) is 0 Å². The van der Waals surface area contributed by atoms with Crippen molar-refractivity contribution >= 4 is 52.4 Å². The number of esters is 1. The van der Waals surface area contributed by atoms with Crippen LogP contribution in [0.25, 0.3) is 0 Å². The number of nitrogens with zero attached hydrogens (tertiary/aromatic N) is 2. The standard InChI is InChI=1S/C23H26Cl2N4O4/c1-2-28-9-11-29(12-10-28)18-6-4-17(5-7-18)27-21(30)15-33-22(31)14-26-23(32)16-3-8-19(24)20(25)13-16/h3-8,13H,2,9-12,14-15H2,1H3,(H,26,32)(H,27,30). The molecular formula is C23H26Cl2N4O4. The Morgan fingerprint density at radius 2 is 1.67 bits per heavy atom. The fraction of sp³-hybridized carbons (Fsp3) is 0.348. The molecule has 1 saturated heterocycles. The topological polar surface area (TPSA) is 91.0 Å². The fourth-order valence-electron chi connectivity index (χ4n) is 3.36. The van der Waals surface area contributed by atoms with Crippen LogP contribution in [0.2, 0.25) is 10.0 Å². The van der Waals surface area contributed by atoms with Gasteiger partial charge in [0, 0.05) is 43.1 Å². The van der Waals surface area contributed by atoms with E-state index >= 15 is 0 Å². The van der Waals surface area contributed by atoms with E-state index in [1.807, 2.05) is 24.3 Å². The summed E-state index contributed by atoms with van der Waals surface area (Å²) < 4.78 is 4.92. The molecule has 8 nitrogen and oxygen atoms in total. The number of amides is 2. The first kappa shape index (κ1) is 24.8. The Balaban J connectivity index is 1.38.